The van der Waals surface area contributed by atoms with E-state index >= 15 is 0 Å². The quantitative estimate of drug-likeness (QED) is 0.449. The predicted octanol–water partition coefficient (Wildman–Crippen LogP) is 2.02. The van der Waals surface area contributed by atoms with Crippen LogP contribution < -0.4 is 5.56 Å². The van der Waals surface area contributed by atoms with Crippen LogP contribution in [-0.4, -0.2) is 51.4 Å². The number of aromatic nitrogens is 3. The molecule has 0 saturated heterocycles. The van der Waals surface area contributed by atoms with E-state index in [0.29, 0.717) is 15.8 Å². The maximum absolute atomic E-state index is 12.9. The van der Waals surface area contributed by atoms with Gasteiger partial charge in [0.2, 0.25) is 4.96 Å². The zero-order chi connectivity index (χ0) is 19.5. The Kier molecular flexibility index (Phi) is 5.74. The lowest BCUT2D eigenvalue weighted by Gasteiger charge is -2.27. The second-order valence-corrected chi connectivity index (χ2v) is 8.71. The summed E-state index contributed by atoms with van der Waals surface area (Å²) in [7, 11) is 1.35. The molecule has 9 heteroatoms. The number of rotatable bonds is 6. The zero-order valence-corrected chi connectivity index (χ0v) is 17.1. The summed E-state index contributed by atoms with van der Waals surface area (Å²) in [6, 6.07) is 10.4. The number of benzene rings is 1. The van der Waals surface area contributed by atoms with Crippen LogP contribution in [0.25, 0.3) is 4.96 Å². The van der Waals surface area contributed by atoms with Gasteiger partial charge in [-0.2, -0.15) is 4.52 Å². The third-order valence-corrected chi connectivity index (χ3v) is 6.73. The van der Waals surface area contributed by atoms with Gasteiger partial charge in [-0.1, -0.05) is 53.4 Å². The van der Waals surface area contributed by atoms with E-state index in [1.165, 1.54) is 40.3 Å². The summed E-state index contributed by atoms with van der Waals surface area (Å²) in [5.74, 6) is -0.157. The Morgan fingerprint density at radius 2 is 2.14 bits per heavy atom. The van der Waals surface area contributed by atoms with Crippen molar-refractivity contribution in [2.45, 2.75) is 23.7 Å². The van der Waals surface area contributed by atoms with Gasteiger partial charge in [-0.05, 0) is 12.0 Å². The van der Waals surface area contributed by atoms with Crippen LogP contribution in [0.1, 0.15) is 16.8 Å². The number of hydrogen-bond donors (Lipinski definition) is 0. The van der Waals surface area contributed by atoms with Gasteiger partial charge in [-0.15, -0.1) is 5.10 Å². The number of thioether (sulfide) groups is 1. The lowest BCUT2D eigenvalue weighted by Crippen LogP contribution is -2.37. The smallest absolute Gasteiger partial charge is 0.316 e. The third-order valence-electron chi connectivity index (χ3n) is 4.72. The average Bonchev–Trinajstić information content (AvgIpc) is 3.15. The highest BCUT2D eigenvalue weighted by molar-refractivity contribution is 8.01. The molecule has 7 nitrogen and oxygen atoms in total. The Bertz CT molecular complexity index is 1050. The molecule has 0 saturated carbocycles. The second-order valence-electron chi connectivity index (χ2n) is 6.53. The molecule has 1 aliphatic rings. The topological polar surface area (TPSA) is 76.8 Å². The molecule has 28 heavy (non-hydrogen) atoms. The molecule has 3 heterocycles. The van der Waals surface area contributed by atoms with Crippen molar-refractivity contribution in [2.24, 2.45) is 0 Å². The molecule has 1 aliphatic heterocycles. The number of fused-ring (bicyclic) bond motifs is 2. The molecule has 1 aromatic carbocycles. The van der Waals surface area contributed by atoms with Crippen LogP contribution in [0, 0.1) is 0 Å². The molecule has 0 aliphatic carbocycles. The minimum Gasteiger partial charge on any atom is -0.468 e. The SMILES string of the molecule is COC(=O)CSc1nn2c(=O)c3c(nc2s1)CCN(CCc1ccccc1)C3. The minimum absolute atomic E-state index is 0.106. The summed E-state index contributed by atoms with van der Waals surface area (Å²) in [5, 5.41) is 4.34. The van der Waals surface area contributed by atoms with E-state index in [2.05, 4.69) is 31.9 Å². The Morgan fingerprint density at radius 1 is 1.32 bits per heavy atom. The summed E-state index contributed by atoms with van der Waals surface area (Å²) < 4.78 is 6.65. The fourth-order valence-electron chi connectivity index (χ4n) is 3.20. The lowest BCUT2D eigenvalue weighted by molar-refractivity contribution is -0.137. The Hall–Kier alpha value is -2.23. The summed E-state index contributed by atoms with van der Waals surface area (Å²) in [6.07, 6.45) is 1.72. The molecule has 0 fully saturated rings. The second kappa shape index (κ2) is 8.42. The number of carbonyl (C=O) groups is 1. The monoisotopic (exact) mass is 416 g/mol. The lowest BCUT2D eigenvalue weighted by atomic mass is 10.1. The highest BCUT2D eigenvalue weighted by Crippen LogP contribution is 2.25. The van der Waals surface area contributed by atoms with Gasteiger partial charge < -0.3 is 4.74 Å². The molecular weight excluding hydrogens is 396 g/mol. The van der Waals surface area contributed by atoms with Crippen LogP contribution in [-0.2, 0) is 28.9 Å². The Balaban J connectivity index is 1.50. The van der Waals surface area contributed by atoms with E-state index in [1.807, 2.05) is 18.2 Å². The van der Waals surface area contributed by atoms with E-state index in [1.54, 1.807) is 0 Å². The van der Waals surface area contributed by atoms with E-state index in [9.17, 15) is 9.59 Å². The molecule has 0 bridgehead atoms. The van der Waals surface area contributed by atoms with Crippen molar-refractivity contribution >= 4 is 34.0 Å². The van der Waals surface area contributed by atoms with Crippen LogP contribution in [0.4, 0.5) is 0 Å². The van der Waals surface area contributed by atoms with Crippen LogP contribution >= 0.6 is 23.1 Å². The number of hydrogen-bond acceptors (Lipinski definition) is 8. The minimum atomic E-state index is -0.321. The van der Waals surface area contributed by atoms with Gasteiger partial charge in [0.15, 0.2) is 4.34 Å². The van der Waals surface area contributed by atoms with Crippen LogP contribution in [0.5, 0.6) is 0 Å². The average molecular weight is 417 g/mol. The van der Waals surface area contributed by atoms with E-state index in [4.69, 9.17) is 0 Å². The van der Waals surface area contributed by atoms with Crippen molar-refractivity contribution in [3.63, 3.8) is 0 Å². The molecular formula is C19H20N4O3S2. The molecule has 0 atom stereocenters. The molecule has 0 radical (unpaired) electrons. The van der Waals surface area contributed by atoms with Gasteiger partial charge in [0, 0.05) is 26.1 Å². The third kappa shape index (κ3) is 4.11. The van der Waals surface area contributed by atoms with E-state index in [0.717, 1.165) is 37.2 Å². The first-order chi connectivity index (χ1) is 13.6. The molecule has 0 spiro atoms. The fourth-order valence-corrected chi connectivity index (χ4v) is 4.98. The van der Waals surface area contributed by atoms with E-state index < -0.39 is 0 Å². The van der Waals surface area contributed by atoms with Gasteiger partial charge in [0.25, 0.3) is 5.56 Å². The van der Waals surface area contributed by atoms with Gasteiger partial charge >= 0.3 is 5.97 Å². The Morgan fingerprint density at radius 3 is 2.93 bits per heavy atom. The highest BCUT2D eigenvalue weighted by atomic mass is 32.2. The zero-order valence-electron chi connectivity index (χ0n) is 15.5. The van der Waals surface area contributed by atoms with Crippen molar-refractivity contribution in [3.05, 3.63) is 57.5 Å². The summed E-state index contributed by atoms with van der Waals surface area (Å²) >= 11 is 2.59. The Labute approximate surface area is 170 Å². The summed E-state index contributed by atoms with van der Waals surface area (Å²) in [4.78, 5) is 31.8. The number of nitrogens with zero attached hydrogens (tertiary/aromatic N) is 4. The molecule has 2 aromatic heterocycles. The first-order valence-corrected chi connectivity index (χ1v) is 10.8. The van der Waals surface area contributed by atoms with Gasteiger partial charge in [0.05, 0.1) is 24.1 Å². The maximum atomic E-state index is 12.9. The fraction of sp³-hybridized carbons (Fsp3) is 0.368. The van der Waals surface area contributed by atoms with Crippen LogP contribution in [0.3, 0.4) is 0 Å². The van der Waals surface area contributed by atoms with Gasteiger partial charge in [-0.25, -0.2) is 4.98 Å². The summed E-state index contributed by atoms with van der Waals surface area (Å²) in [5.41, 5.74) is 2.79. The molecule has 0 N–H and O–H groups in total. The first-order valence-electron chi connectivity index (χ1n) is 9.01. The van der Waals surface area contributed by atoms with Gasteiger partial charge in [-0.3, -0.25) is 14.5 Å². The molecule has 146 valence electrons. The van der Waals surface area contributed by atoms with Crippen molar-refractivity contribution in [3.8, 4) is 0 Å². The molecule has 4 rings (SSSR count). The number of carbonyl (C=O) groups excluding carboxylic acids is 1. The van der Waals surface area contributed by atoms with Crippen LogP contribution in [0.2, 0.25) is 0 Å². The standard InChI is InChI=1S/C19H20N4O3S2/c1-26-16(24)12-27-19-21-23-17(25)14-11-22(9-7-13-5-3-2-4-6-13)10-8-15(14)20-18(23)28-19/h2-6H,7-12H2,1H3. The first kappa shape index (κ1) is 19.1. The van der Waals surface area contributed by atoms with E-state index in [-0.39, 0.29) is 17.3 Å². The van der Waals surface area contributed by atoms with Crippen molar-refractivity contribution in [2.75, 3.05) is 26.0 Å². The molecule has 0 unspecified atom stereocenters. The van der Waals surface area contributed by atoms with Crippen molar-refractivity contribution < 1.29 is 9.53 Å². The van der Waals surface area contributed by atoms with Gasteiger partial charge in [0.1, 0.15) is 0 Å². The maximum Gasteiger partial charge on any atom is 0.316 e. The number of methoxy groups -OCH3 is 1. The number of ether oxygens (including phenoxy) is 1. The van der Waals surface area contributed by atoms with Crippen molar-refractivity contribution in [1.29, 1.82) is 0 Å². The normalized spacial score (nSPS) is 14.2. The largest absolute Gasteiger partial charge is 0.468 e. The predicted molar refractivity (Wildman–Crippen MR) is 109 cm³/mol. The molecule has 3 aromatic rings. The van der Waals surface area contributed by atoms with Crippen molar-refractivity contribution in [1.82, 2.24) is 19.5 Å². The van der Waals surface area contributed by atoms with Crippen LogP contribution in [0.15, 0.2) is 39.5 Å². The summed E-state index contributed by atoms with van der Waals surface area (Å²) in [6.45, 7) is 2.40. The molecule has 0 amide bonds. The number of esters is 1. The highest BCUT2D eigenvalue weighted by Gasteiger charge is 2.23.